The van der Waals surface area contributed by atoms with E-state index in [-0.39, 0.29) is 0 Å². The van der Waals surface area contributed by atoms with Crippen LogP contribution in [-0.2, 0) is 6.61 Å². The molecule has 4 heteroatoms. The zero-order valence-corrected chi connectivity index (χ0v) is 11.2. The van der Waals surface area contributed by atoms with Gasteiger partial charge in [0.15, 0.2) is 0 Å². The lowest BCUT2D eigenvalue weighted by atomic mass is 10.2. The van der Waals surface area contributed by atoms with Gasteiger partial charge in [-0.25, -0.2) is 4.98 Å². The van der Waals surface area contributed by atoms with Gasteiger partial charge in [0, 0.05) is 30.4 Å². The summed E-state index contributed by atoms with van der Waals surface area (Å²) in [5.74, 6) is 1.64. The van der Waals surface area contributed by atoms with E-state index in [4.69, 9.17) is 4.74 Å². The van der Waals surface area contributed by atoms with Gasteiger partial charge in [0.1, 0.15) is 23.7 Å². The SMILES string of the molecule is CNc1ccc(COc2cccc3cccnc23)cn1. The maximum atomic E-state index is 5.86. The predicted octanol–water partition coefficient (Wildman–Crippen LogP) is 3.25. The summed E-state index contributed by atoms with van der Waals surface area (Å²) < 4.78 is 5.86. The van der Waals surface area contributed by atoms with Crippen LogP contribution >= 0.6 is 0 Å². The van der Waals surface area contributed by atoms with Crippen LogP contribution in [0.15, 0.2) is 54.9 Å². The molecule has 1 aromatic carbocycles. The molecule has 20 heavy (non-hydrogen) atoms. The van der Waals surface area contributed by atoms with E-state index in [2.05, 4.69) is 15.3 Å². The molecule has 0 aliphatic heterocycles. The molecule has 0 radical (unpaired) electrons. The summed E-state index contributed by atoms with van der Waals surface area (Å²) in [6.45, 7) is 0.479. The van der Waals surface area contributed by atoms with Crippen molar-refractivity contribution in [2.45, 2.75) is 6.61 Å². The van der Waals surface area contributed by atoms with Gasteiger partial charge < -0.3 is 10.1 Å². The van der Waals surface area contributed by atoms with E-state index < -0.39 is 0 Å². The fourth-order valence-electron chi connectivity index (χ4n) is 2.01. The molecule has 0 aliphatic carbocycles. The molecule has 0 saturated carbocycles. The molecular formula is C16H15N3O. The van der Waals surface area contributed by atoms with Crippen molar-refractivity contribution in [2.24, 2.45) is 0 Å². The summed E-state index contributed by atoms with van der Waals surface area (Å²) in [7, 11) is 1.85. The largest absolute Gasteiger partial charge is 0.487 e. The van der Waals surface area contributed by atoms with Gasteiger partial charge in [-0.05, 0) is 18.2 Å². The van der Waals surface area contributed by atoms with Crippen molar-refractivity contribution >= 4 is 16.7 Å². The van der Waals surface area contributed by atoms with Crippen LogP contribution in [0.3, 0.4) is 0 Å². The molecule has 0 unspecified atom stereocenters. The monoisotopic (exact) mass is 265 g/mol. The Labute approximate surface area is 117 Å². The van der Waals surface area contributed by atoms with Crippen LogP contribution in [0.5, 0.6) is 5.75 Å². The Kier molecular flexibility index (Phi) is 3.46. The zero-order chi connectivity index (χ0) is 13.8. The van der Waals surface area contributed by atoms with Gasteiger partial charge >= 0.3 is 0 Å². The Morgan fingerprint density at radius 3 is 2.75 bits per heavy atom. The molecule has 2 aromatic heterocycles. The number of hydrogen-bond donors (Lipinski definition) is 1. The Morgan fingerprint density at radius 1 is 1.05 bits per heavy atom. The lowest BCUT2D eigenvalue weighted by molar-refractivity contribution is 0.309. The van der Waals surface area contributed by atoms with E-state index in [1.165, 1.54) is 0 Å². The fourth-order valence-corrected chi connectivity index (χ4v) is 2.01. The zero-order valence-electron chi connectivity index (χ0n) is 11.2. The van der Waals surface area contributed by atoms with E-state index in [9.17, 15) is 0 Å². The van der Waals surface area contributed by atoms with Gasteiger partial charge in [0.2, 0.25) is 0 Å². The van der Waals surface area contributed by atoms with Crippen LogP contribution < -0.4 is 10.1 Å². The lowest BCUT2D eigenvalue weighted by Crippen LogP contribution is -1.98. The van der Waals surface area contributed by atoms with Crippen molar-refractivity contribution in [2.75, 3.05) is 12.4 Å². The third kappa shape index (κ3) is 2.54. The number of aromatic nitrogens is 2. The van der Waals surface area contributed by atoms with E-state index in [0.717, 1.165) is 28.0 Å². The minimum atomic E-state index is 0.479. The number of hydrogen-bond acceptors (Lipinski definition) is 4. The molecule has 0 aliphatic rings. The van der Waals surface area contributed by atoms with Gasteiger partial charge in [-0.2, -0.15) is 0 Å². The number of fused-ring (bicyclic) bond motifs is 1. The van der Waals surface area contributed by atoms with Crippen molar-refractivity contribution in [3.8, 4) is 5.75 Å². The number of para-hydroxylation sites is 1. The van der Waals surface area contributed by atoms with Crippen LogP contribution in [0.4, 0.5) is 5.82 Å². The Morgan fingerprint density at radius 2 is 1.95 bits per heavy atom. The van der Waals surface area contributed by atoms with Crippen molar-refractivity contribution in [1.82, 2.24) is 9.97 Å². The maximum absolute atomic E-state index is 5.86. The van der Waals surface area contributed by atoms with E-state index in [1.807, 2.05) is 55.7 Å². The topological polar surface area (TPSA) is 47.0 Å². The van der Waals surface area contributed by atoms with Crippen molar-refractivity contribution in [3.63, 3.8) is 0 Å². The fraction of sp³-hybridized carbons (Fsp3) is 0.125. The average Bonchev–Trinajstić information content (AvgIpc) is 2.53. The van der Waals surface area contributed by atoms with Crippen LogP contribution in [0.2, 0.25) is 0 Å². The second-order valence-corrected chi connectivity index (χ2v) is 4.42. The first-order chi connectivity index (χ1) is 9.86. The van der Waals surface area contributed by atoms with Crippen LogP contribution in [0.1, 0.15) is 5.56 Å². The summed E-state index contributed by atoms with van der Waals surface area (Å²) in [6.07, 6.45) is 3.59. The molecule has 1 N–H and O–H groups in total. The molecule has 0 bridgehead atoms. The van der Waals surface area contributed by atoms with Gasteiger partial charge in [0.05, 0.1) is 0 Å². The van der Waals surface area contributed by atoms with Crippen LogP contribution in [0, 0.1) is 0 Å². The summed E-state index contributed by atoms with van der Waals surface area (Å²) in [5.41, 5.74) is 1.91. The second kappa shape index (κ2) is 5.57. The highest BCUT2D eigenvalue weighted by Crippen LogP contribution is 2.23. The molecule has 0 saturated heterocycles. The number of nitrogens with one attached hydrogen (secondary N) is 1. The first kappa shape index (κ1) is 12.4. The molecule has 3 aromatic rings. The molecule has 0 spiro atoms. The Hall–Kier alpha value is -2.62. The molecule has 4 nitrogen and oxygen atoms in total. The van der Waals surface area contributed by atoms with Crippen molar-refractivity contribution in [1.29, 1.82) is 0 Å². The first-order valence-corrected chi connectivity index (χ1v) is 6.46. The van der Waals surface area contributed by atoms with Crippen LogP contribution in [0.25, 0.3) is 10.9 Å². The van der Waals surface area contributed by atoms with E-state index in [1.54, 1.807) is 6.20 Å². The third-order valence-corrected chi connectivity index (χ3v) is 3.07. The standard InChI is InChI=1S/C16H15N3O/c1-17-15-8-7-12(10-19-15)11-20-14-6-2-4-13-5-3-9-18-16(13)14/h2-10H,11H2,1H3,(H,17,19). The normalized spacial score (nSPS) is 10.4. The van der Waals surface area contributed by atoms with E-state index in [0.29, 0.717) is 6.61 Å². The van der Waals surface area contributed by atoms with Crippen molar-refractivity contribution in [3.05, 3.63) is 60.4 Å². The second-order valence-electron chi connectivity index (χ2n) is 4.42. The van der Waals surface area contributed by atoms with Gasteiger partial charge in [-0.15, -0.1) is 0 Å². The van der Waals surface area contributed by atoms with E-state index >= 15 is 0 Å². The minimum Gasteiger partial charge on any atom is -0.487 e. The average molecular weight is 265 g/mol. The third-order valence-electron chi connectivity index (χ3n) is 3.07. The van der Waals surface area contributed by atoms with Crippen molar-refractivity contribution < 1.29 is 4.74 Å². The number of nitrogens with zero attached hydrogens (tertiary/aromatic N) is 2. The minimum absolute atomic E-state index is 0.479. The van der Waals surface area contributed by atoms with Gasteiger partial charge in [-0.3, -0.25) is 4.98 Å². The molecule has 3 rings (SSSR count). The maximum Gasteiger partial charge on any atom is 0.146 e. The molecular weight excluding hydrogens is 250 g/mol. The summed E-state index contributed by atoms with van der Waals surface area (Å²) in [4.78, 5) is 8.64. The lowest BCUT2D eigenvalue weighted by Gasteiger charge is -2.08. The number of ether oxygens (including phenoxy) is 1. The number of benzene rings is 1. The molecule has 100 valence electrons. The Balaban J connectivity index is 1.79. The summed E-state index contributed by atoms with van der Waals surface area (Å²) >= 11 is 0. The molecule has 0 amide bonds. The Bertz CT molecular complexity index is 705. The highest BCUT2D eigenvalue weighted by molar-refractivity contribution is 5.84. The van der Waals surface area contributed by atoms with Gasteiger partial charge in [-0.1, -0.05) is 24.3 Å². The summed E-state index contributed by atoms with van der Waals surface area (Å²) in [6, 6.07) is 13.8. The molecule has 0 fully saturated rings. The highest BCUT2D eigenvalue weighted by atomic mass is 16.5. The smallest absolute Gasteiger partial charge is 0.146 e. The quantitative estimate of drug-likeness (QED) is 0.786. The van der Waals surface area contributed by atoms with Gasteiger partial charge in [0.25, 0.3) is 0 Å². The first-order valence-electron chi connectivity index (χ1n) is 6.46. The summed E-state index contributed by atoms with van der Waals surface area (Å²) in [5, 5.41) is 4.07. The number of anilines is 1. The number of pyridine rings is 2. The molecule has 2 heterocycles. The van der Waals surface area contributed by atoms with Crippen LogP contribution in [-0.4, -0.2) is 17.0 Å². The molecule has 0 atom stereocenters. The predicted molar refractivity (Wildman–Crippen MR) is 79.9 cm³/mol. The number of rotatable bonds is 4. The highest BCUT2D eigenvalue weighted by Gasteiger charge is 2.03.